The molecule has 0 spiro atoms. The minimum absolute atomic E-state index is 0.0988. The number of aliphatic hydroxyl groups excluding tert-OH is 1. The maximum absolute atomic E-state index is 11.4. The Bertz CT molecular complexity index is 532. The summed E-state index contributed by atoms with van der Waals surface area (Å²) in [5.74, 6) is -1.27. The molecule has 2 N–H and O–H groups in total. The molecule has 0 aliphatic rings. The molecule has 0 aliphatic carbocycles. The van der Waals surface area contributed by atoms with Gasteiger partial charge in [-0.1, -0.05) is 0 Å². The Morgan fingerprint density at radius 1 is 1.47 bits per heavy atom. The van der Waals surface area contributed by atoms with E-state index in [0.29, 0.717) is 12.1 Å². The maximum atomic E-state index is 11.4. The number of rotatable bonds is 5. The molecular formula is C9H14N2O5S. The molecule has 1 heterocycles. The molecule has 0 radical (unpaired) electrons. The first-order valence-corrected chi connectivity index (χ1v) is 6.78. The van der Waals surface area contributed by atoms with E-state index in [1.54, 1.807) is 0 Å². The topological polar surface area (TPSA) is 109 Å². The number of imidazole rings is 1. The lowest BCUT2D eigenvalue weighted by Crippen LogP contribution is -2.08. The van der Waals surface area contributed by atoms with Crippen molar-refractivity contribution in [2.24, 2.45) is 7.05 Å². The van der Waals surface area contributed by atoms with Gasteiger partial charge in [0.05, 0.1) is 5.69 Å². The quantitative estimate of drug-likeness (QED) is 0.736. The fourth-order valence-corrected chi connectivity index (χ4v) is 2.41. The van der Waals surface area contributed by atoms with E-state index in [2.05, 4.69) is 4.98 Å². The first kappa shape index (κ1) is 13.7. The molecule has 0 aliphatic heterocycles. The predicted octanol–water partition coefficient (Wildman–Crippen LogP) is -0.553. The number of sulfone groups is 1. The van der Waals surface area contributed by atoms with E-state index >= 15 is 0 Å². The number of aromatic nitrogens is 2. The second-order valence-corrected chi connectivity index (χ2v) is 5.56. The van der Waals surface area contributed by atoms with Crippen LogP contribution in [-0.4, -0.2) is 47.0 Å². The van der Waals surface area contributed by atoms with Gasteiger partial charge in [0.2, 0.25) is 15.0 Å². The van der Waals surface area contributed by atoms with Crippen molar-refractivity contribution in [1.29, 1.82) is 0 Å². The van der Waals surface area contributed by atoms with Crippen LogP contribution in [0.5, 0.6) is 0 Å². The Labute approximate surface area is 98.6 Å². The van der Waals surface area contributed by atoms with Crippen LogP contribution in [0.4, 0.5) is 0 Å². The summed E-state index contributed by atoms with van der Waals surface area (Å²) in [7, 11) is -2.12. The molecule has 0 atom stereocenters. The highest BCUT2D eigenvalue weighted by Gasteiger charge is 2.24. The van der Waals surface area contributed by atoms with Crippen LogP contribution < -0.4 is 0 Å². The highest BCUT2D eigenvalue weighted by molar-refractivity contribution is 7.90. The predicted molar refractivity (Wildman–Crippen MR) is 58.7 cm³/mol. The summed E-state index contributed by atoms with van der Waals surface area (Å²) >= 11 is 0. The summed E-state index contributed by atoms with van der Waals surface area (Å²) in [6.45, 7) is -0.0988. The van der Waals surface area contributed by atoms with E-state index in [-0.39, 0.29) is 23.9 Å². The Hall–Kier alpha value is -1.41. The van der Waals surface area contributed by atoms with Crippen LogP contribution in [0.15, 0.2) is 5.16 Å². The van der Waals surface area contributed by atoms with Gasteiger partial charge in [-0.2, -0.15) is 0 Å². The third kappa shape index (κ3) is 2.83. The molecule has 7 nitrogen and oxygen atoms in total. The summed E-state index contributed by atoms with van der Waals surface area (Å²) in [6, 6.07) is 0. The Morgan fingerprint density at radius 2 is 2.06 bits per heavy atom. The van der Waals surface area contributed by atoms with Crippen molar-refractivity contribution in [3.63, 3.8) is 0 Å². The van der Waals surface area contributed by atoms with Crippen molar-refractivity contribution in [2.45, 2.75) is 18.0 Å². The van der Waals surface area contributed by atoms with Gasteiger partial charge in [0.1, 0.15) is 0 Å². The van der Waals surface area contributed by atoms with Gasteiger partial charge < -0.3 is 14.8 Å². The van der Waals surface area contributed by atoms with Gasteiger partial charge in [-0.3, -0.25) is 0 Å². The molecule has 1 aromatic rings. The molecule has 0 bridgehead atoms. The molecule has 0 unspecified atom stereocenters. The van der Waals surface area contributed by atoms with Crippen molar-refractivity contribution in [3.05, 3.63) is 11.4 Å². The fraction of sp³-hybridized carbons (Fsp3) is 0.556. The van der Waals surface area contributed by atoms with Crippen LogP contribution in [0.3, 0.4) is 0 Å². The van der Waals surface area contributed by atoms with Gasteiger partial charge >= 0.3 is 5.97 Å². The Morgan fingerprint density at radius 3 is 2.47 bits per heavy atom. The van der Waals surface area contributed by atoms with Crippen molar-refractivity contribution < 1.29 is 23.4 Å². The molecule has 8 heteroatoms. The number of aromatic carboxylic acids is 1. The minimum atomic E-state index is -3.57. The summed E-state index contributed by atoms with van der Waals surface area (Å²) in [5, 5.41) is 17.4. The van der Waals surface area contributed by atoms with E-state index in [1.807, 2.05) is 0 Å². The molecule has 17 heavy (non-hydrogen) atoms. The summed E-state index contributed by atoms with van der Waals surface area (Å²) in [5.41, 5.74) is 0.0216. The van der Waals surface area contributed by atoms with Crippen molar-refractivity contribution in [3.8, 4) is 0 Å². The zero-order chi connectivity index (χ0) is 13.2. The normalized spacial score (nSPS) is 11.7. The van der Waals surface area contributed by atoms with E-state index in [9.17, 15) is 13.2 Å². The smallest absolute Gasteiger partial charge is 0.356 e. The van der Waals surface area contributed by atoms with Gasteiger partial charge in [0.25, 0.3) is 0 Å². The largest absolute Gasteiger partial charge is 0.476 e. The lowest BCUT2D eigenvalue weighted by Gasteiger charge is -2.04. The fourth-order valence-electron chi connectivity index (χ4n) is 1.54. The van der Waals surface area contributed by atoms with Crippen molar-refractivity contribution >= 4 is 15.8 Å². The number of carboxylic acid groups (broad SMARTS) is 1. The highest BCUT2D eigenvalue weighted by atomic mass is 32.2. The highest BCUT2D eigenvalue weighted by Crippen LogP contribution is 2.16. The molecule has 0 saturated carbocycles. The Kier molecular flexibility index (Phi) is 3.89. The lowest BCUT2D eigenvalue weighted by molar-refractivity contribution is 0.0689. The average molecular weight is 262 g/mol. The van der Waals surface area contributed by atoms with Crippen LogP contribution in [0.2, 0.25) is 0 Å². The van der Waals surface area contributed by atoms with Crippen LogP contribution in [0, 0.1) is 0 Å². The summed E-state index contributed by atoms with van der Waals surface area (Å²) in [6.07, 6.45) is 1.58. The maximum Gasteiger partial charge on any atom is 0.356 e. The third-order valence-corrected chi connectivity index (χ3v) is 3.31. The second kappa shape index (κ2) is 4.84. The van der Waals surface area contributed by atoms with E-state index in [1.165, 1.54) is 11.6 Å². The second-order valence-electron chi connectivity index (χ2n) is 3.65. The van der Waals surface area contributed by atoms with Crippen LogP contribution in [0.25, 0.3) is 0 Å². The number of nitrogens with zero attached hydrogens (tertiary/aromatic N) is 2. The first-order chi connectivity index (χ1) is 7.79. The number of carbonyl (C=O) groups is 1. The average Bonchev–Trinajstić information content (AvgIpc) is 2.52. The SMILES string of the molecule is Cn1c(S(C)(=O)=O)nc(C(=O)O)c1CCCO. The molecule has 1 rings (SSSR count). The Balaban J connectivity index is 3.36. The van der Waals surface area contributed by atoms with Gasteiger partial charge in [0.15, 0.2) is 5.69 Å². The number of hydrogen-bond acceptors (Lipinski definition) is 5. The number of carboxylic acids is 1. The van der Waals surface area contributed by atoms with Crippen LogP contribution >= 0.6 is 0 Å². The van der Waals surface area contributed by atoms with E-state index < -0.39 is 15.8 Å². The minimum Gasteiger partial charge on any atom is -0.476 e. The molecule has 96 valence electrons. The standard InChI is InChI=1S/C9H14N2O5S/c1-11-6(4-3-5-12)7(8(13)14)10-9(11)17(2,15)16/h12H,3-5H2,1-2H3,(H,13,14). The van der Waals surface area contributed by atoms with E-state index in [0.717, 1.165) is 6.26 Å². The summed E-state index contributed by atoms with van der Waals surface area (Å²) < 4.78 is 24.0. The lowest BCUT2D eigenvalue weighted by atomic mass is 10.2. The molecule has 0 aromatic carbocycles. The number of hydrogen-bond donors (Lipinski definition) is 2. The van der Waals surface area contributed by atoms with Crippen LogP contribution in [-0.2, 0) is 23.3 Å². The molecule has 0 fully saturated rings. The van der Waals surface area contributed by atoms with Crippen molar-refractivity contribution in [2.75, 3.05) is 12.9 Å². The first-order valence-electron chi connectivity index (χ1n) is 4.88. The molecule has 1 aromatic heterocycles. The monoisotopic (exact) mass is 262 g/mol. The van der Waals surface area contributed by atoms with E-state index in [4.69, 9.17) is 10.2 Å². The molecular weight excluding hydrogens is 248 g/mol. The van der Waals surface area contributed by atoms with Crippen LogP contribution in [0.1, 0.15) is 22.6 Å². The molecule has 0 amide bonds. The zero-order valence-corrected chi connectivity index (χ0v) is 10.4. The van der Waals surface area contributed by atoms with Gasteiger partial charge in [-0.05, 0) is 12.8 Å². The number of aliphatic hydroxyl groups is 1. The third-order valence-electron chi connectivity index (χ3n) is 2.28. The summed E-state index contributed by atoms with van der Waals surface area (Å²) in [4.78, 5) is 14.6. The van der Waals surface area contributed by atoms with Crippen molar-refractivity contribution in [1.82, 2.24) is 9.55 Å². The molecule has 0 saturated heterocycles. The van der Waals surface area contributed by atoms with Gasteiger partial charge in [0, 0.05) is 19.9 Å². The van der Waals surface area contributed by atoms with Gasteiger partial charge in [-0.25, -0.2) is 18.2 Å². The zero-order valence-electron chi connectivity index (χ0n) is 9.54. The van der Waals surface area contributed by atoms with Gasteiger partial charge in [-0.15, -0.1) is 0 Å².